The number of aromatic nitrogens is 5. The number of nitrogens with zero attached hydrogens (tertiary/aromatic N) is 6. The molecular weight excluding hydrogens is 403 g/mol. The third-order valence-electron chi connectivity index (χ3n) is 3.60. The standard InChI is InChI=1S/C15H11ClF3N7O2/c1-8-4-11(15(17,18)19)24-25(8)12-3-2-9(5-20-12)6-21-13-10(26(27)28)7-22-14(16)23-13/h2-5,7H,6H2,1H3,(H,21,22,23). The lowest BCUT2D eigenvalue weighted by Gasteiger charge is -2.08. The van der Waals surface area contributed by atoms with Crippen LogP contribution in [0.25, 0.3) is 5.82 Å². The van der Waals surface area contributed by atoms with Crippen molar-refractivity contribution in [2.75, 3.05) is 5.32 Å². The average Bonchev–Trinajstić information content (AvgIpc) is 3.02. The Labute approximate surface area is 160 Å². The third-order valence-corrected chi connectivity index (χ3v) is 3.78. The fourth-order valence-corrected chi connectivity index (χ4v) is 2.43. The van der Waals surface area contributed by atoms with Crippen LogP contribution in [0.2, 0.25) is 5.28 Å². The van der Waals surface area contributed by atoms with E-state index in [9.17, 15) is 23.3 Å². The summed E-state index contributed by atoms with van der Waals surface area (Å²) in [5.74, 6) is 0.139. The summed E-state index contributed by atoms with van der Waals surface area (Å²) in [5.41, 5.74) is -0.475. The van der Waals surface area contributed by atoms with E-state index in [2.05, 4.69) is 25.4 Å². The van der Waals surface area contributed by atoms with Crippen LogP contribution in [0.5, 0.6) is 0 Å². The molecule has 0 saturated heterocycles. The van der Waals surface area contributed by atoms with Gasteiger partial charge in [-0.3, -0.25) is 10.1 Å². The van der Waals surface area contributed by atoms with Crippen molar-refractivity contribution < 1.29 is 18.1 Å². The Morgan fingerprint density at radius 3 is 2.61 bits per heavy atom. The number of nitrogens with one attached hydrogen (secondary N) is 1. The molecule has 0 bridgehead atoms. The second kappa shape index (κ2) is 7.38. The molecule has 3 aromatic rings. The van der Waals surface area contributed by atoms with E-state index in [4.69, 9.17) is 11.6 Å². The number of rotatable bonds is 5. The third kappa shape index (κ3) is 4.17. The zero-order valence-electron chi connectivity index (χ0n) is 14.1. The highest BCUT2D eigenvalue weighted by Gasteiger charge is 2.34. The van der Waals surface area contributed by atoms with Crippen LogP contribution < -0.4 is 5.32 Å². The molecule has 0 aliphatic rings. The summed E-state index contributed by atoms with van der Waals surface area (Å²) in [7, 11) is 0. The zero-order chi connectivity index (χ0) is 20.5. The normalized spacial score (nSPS) is 11.5. The van der Waals surface area contributed by atoms with Gasteiger partial charge in [-0.15, -0.1) is 0 Å². The molecule has 0 amide bonds. The zero-order valence-corrected chi connectivity index (χ0v) is 14.9. The predicted octanol–water partition coefficient (Wildman–Crippen LogP) is 3.56. The van der Waals surface area contributed by atoms with E-state index in [0.717, 1.165) is 16.9 Å². The maximum absolute atomic E-state index is 12.8. The number of alkyl halides is 3. The summed E-state index contributed by atoms with van der Waals surface area (Å²) in [6.07, 6.45) is -2.16. The topological polar surface area (TPSA) is 112 Å². The van der Waals surface area contributed by atoms with E-state index in [0.29, 0.717) is 5.56 Å². The van der Waals surface area contributed by atoms with E-state index >= 15 is 0 Å². The van der Waals surface area contributed by atoms with E-state index < -0.39 is 16.8 Å². The maximum atomic E-state index is 12.8. The fraction of sp³-hybridized carbons (Fsp3) is 0.200. The van der Waals surface area contributed by atoms with Crippen LogP contribution in [0.15, 0.2) is 30.6 Å². The van der Waals surface area contributed by atoms with Gasteiger partial charge in [0.15, 0.2) is 11.5 Å². The summed E-state index contributed by atoms with van der Waals surface area (Å²) < 4.78 is 39.4. The highest BCUT2D eigenvalue weighted by molar-refractivity contribution is 6.28. The van der Waals surface area contributed by atoms with Gasteiger partial charge in [0.05, 0.1) is 4.92 Å². The van der Waals surface area contributed by atoms with Crippen molar-refractivity contribution in [1.82, 2.24) is 24.7 Å². The summed E-state index contributed by atoms with van der Waals surface area (Å²) in [6.45, 7) is 1.60. The van der Waals surface area contributed by atoms with Gasteiger partial charge in [-0.05, 0) is 36.2 Å². The van der Waals surface area contributed by atoms with E-state index in [-0.39, 0.29) is 34.8 Å². The summed E-state index contributed by atoms with van der Waals surface area (Å²) >= 11 is 5.65. The molecule has 0 unspecified atom stereocenters. The molecule has 1 N–H and O–H groups in total. The molecule has 0 aliphatic carbocycles. The number of halogens is 4. The van der Waals surface area contributed by atoms with Gasteiger partial charge in [0, 0.05) is 18.4 Å². The van der Waals surface area contributed by atoms with Crippen molar-refractivity contribution in [1.29, 1.82) is 0 Å². The van der Waals surface area contributed by atoms with Crippen molar-refractivity contribution in [3.8, 4) is 5.82 Å². The highest BCUT2D eigenvalue weighted by Crippen LogP contribution is 2.29. The number of hydrogen-bond donors (Lipinski definition) is 1. The minimum atomic E-state index is -4.55. The molecule has 0 aliphatic heterocycles. The summed E-state index contributed by atoms with van der Waals surface area (Å²) in [5, 5.41) is 17.1. The first-order valence-corrected chi connectivity index (χ1v) is 8.03. The molecule has 146 valence electrons. The van der Waals surface area contributed by atoms with Crippen LogP contribution in [0.1, 0.15) is 17.0 Å². The van der Waals surface area contributed by atoms with Gasteiger partial charge in [-0.1, -0.05) is 6.07 Å². The summed E-state index contributed by atoms with van der Waals surface area (Å²) in [4.78, 5) is 21.8. The Kier molecular flexibility index (Phi) is 5.14. The van der Waals surface area contributed by atoms with Gasteiger partial charge in [0.25, 0.3) is 0 Å². The van der Waals surface area contributed by atoms with Crippen LogP contribution in [-0.2, 0) is 12.7 Å². The van der Waals surface area contributed by atoms with E-state index in [1.807, 2.05) is 0 Å². The highest BCUT2D eigenvalue weighted by atomic mass is 35.5. The molecular formula is C15H11ClF3N7O2. The number of aryl methyl sites for hydroxylation is 1. The lowest BCUT2D eigenvalue weighted by Crippen LogP contribution is -2.09. The van der Waals surface area contributed by atoms with Gasteiger partial charge in [-0.2, -0.15) is 23.3 Å². The largest absolute Gasteiger partial charge is 0.435 e. The maximum Gasteiger partial charge on any atom is 0.435 e. The first kappa shape index (κ1) is 19.5. The van der Waals surface area contributed by atoms with Crippen LogP contribution >= 0.6 is 11.6 Å². The molecule has 3 aromatic heterocycles. The minimum Gasteiger partial charge on any atom is -0.360 e. The van der Waals surface area contributed by atoms with Crippen LogP contribution in [0, 0.1) is 17.0 Å². The molecule has 0 aromatic carbocycles. The van der Waals surface area contributed by atoms with Gasteiger partial charge >= 0.3 is 11.9 Å². The quantitative estimate of drug-likeness (QED) is 0.386. The first-order chi connectivity index (χ1) is 13.1. The summed E-state index contributed by atoms with van der Waals surface area (Å²) in [6, 6.07) is 4.01. The lowest BCUT2D eigenvalue weighted by atomic mass is 10.2. The Balaban J connectivity index is 1.77. The van der Waals surface area contributed by atoms with Gasteiger partial charge < -0.3 is 5.32 Å². The smallest absolute Gasteiger partial charge is 0.360 e. The van der Waals surface area contributed by atoms with Crippen LogP contribution in [0.3, 0.4) is 0 Å². The number of pyridine rings is 1. The number of nitro groups is 1. The number of anilines is 1. The van der Waals surface area contributed by atoms with Gasteiger partial charge in [0.1, 0.15) is 6.20 Å². The van der Waals surface area contributed by atoms with Crippen molar-refractivity contribution in [3.63, 3.8) is 0 Å². The molecule has 0 saturated carbocycles. The Hall–Kier alpha value is -3.28. The SMILES string of the molecule is Cc1cc(C(F)(F)F)nn1-c1ccc(CNc2nc(Cl)ncc2[N+](=O)[O-])cn1. The van der Waals surface area contributed by atoms with E-state index in [1.54, 1.807) is 6.07 Å². The molecule has 3 heterocycles. The molecule has 9 nitrogen and oxygen atoms in total. The molecule has 0 spiro atoms. The molecule has 0 fully saturated rings. The molecule has 13 heteroatoms. The monoisotopic (exact) mass is 413 g/mol. The van der Waals surface area contributed by atoms with Crippen molar-refractivity contribution in [3.05, 3.63) is 62.9 Å². The second-order valence-corrected chi connectivity index (χ2v) is 5.93. The Morgan fingerprint density at radius 1 is 1.29 bits per heavy atom. The van der Waals surface area contributed by atoms with Crippen LogP contribution in [-0.4, -0.2) is 29.7 Å². The Bertz CT molecular complexity index is 1020. The van der Waals surface area contributed by atoms with Gasteiger partial charge in [-0.25, -0.2) is 14.6 Å². The van der Waals surface area contributed by atoms with Crippen LogP contribution in [0.4, 0.5) is 24.7 Å². The molecule has 3 rings (SSSR count). The first-order valence-electron chi connectivity index (χ1n) is 7.65. The fourth-order valence-electron chi connectivity index (χ4n) is 2.29. The van der Waals surface area contributed by atoms with E-state index in [1.165, 1.54) is 19.2 Å². The lowest BCUT2D eigenvalue weighted by molar-refractivity contribution is -0.384. The molecule has 0 radical (unpaired) electrons. The number of hydrogen-bond acceptors (Lipinski definition) is 7. The Morgan fingerprint density at radius 2 is 2.04 bits per heavy atom. The van der Waals surface area contributed by atoms with Crippen molar-refractivity contribution in [2.45, 2.75) is 19.6 Å². The minimum absolute atomic E-state index is 0.0631. The molecule has 0 atom stereocenters. The van der Waals surface area contributed by atoms with Crippen molar-refractivity contribution in [2.24, 2.45) is 0 Å². The molecule has 28 heavy (non-hydrogen) atoms. The predicted molar refractivity (Wildman–Crippen MR) is 92.1 cm³/mol. The van der Waals surface area contributed by atoms with Gasteiger partial charge in [0.2, 0.25) is 11.1 Å². The second-order valence-electron chi connectivity index (χ2n) is 5.59. The average molecular weight is 414 g/mol. The van der Waals surface area contributed by atoms with Crippen molar-refractivity contribution >= 4 is 23.1 Å².